The van der Waals surface area contributed by atoms with Crippen molar-refractivity contribution in [2.45, 2.75) is 18.7 Å². The van der Waals surface area contributed by atoms with E-state index in [1.54, 1.807) is 26.1 Å². The van der Waals surface area contributed by atoms with Gasteiger partial charge in [0, 0.05) is 29.8 Å². The topological polar surface area (TPSA) is 54.0 Å². The molecule has 2 aromatic carbocycles. The van der Waals surface area contributed by atoms with E-state index in [0.717, 1.165) is 15.7 Å². The van der Waals surface area contributed by atoms with Crippen molar-refractivity contribution in [1.82, 2.24) is 10.2 Å². The van der Waals surface area contributed by atoms with Gasteiger partial charge in [0.15, 0.2) is 22.3 Å². The summed E-state index contributed by atoms with van der Waals surface area (Å²) in [7, 11) is 5.12. The van der Waals surface area contributed by atoms with Crippen molar-refractivity contribution >= 4 is 44.9 Å². The largest absolute Gasteiger partial charge is 0.493 e. The molecule has 0 saturated carbocycles. The van der Waals surface area contributed by atoms with Gasteiger partial charge in [-0.1, -0.05) is 34.1 Å². The monoisotopic (exact) mass is 475 g/mol. The highest BCUT2D eigenvalue weighted by Gasteiger charge is 2.59. The van der Waals surface area contributed by atoms with Crippen molar-refractivity contribution in [2.75, 3.05) is 26.1 Å². The maximum Gasteiger partial charge on any atom is 0.233 e. The Morgan fingerprint density at radius 3 is 2.69 bits per heavy atom. The number of fused-ring (bicyclic) bond motifs is 4. The summed E-state index contributed by atoms with van der Waals surface area (Å²) in [6.45, 7) is 1.91. The van der Waals surface area contributed by atoms with Gasteiger partial charge in [-0.05, 0) is 43.4 Å². The molecule has 6 nitrogen and oxygen atoms in total. The second-order valence-electron chi connectivity index (χ2n) is 7.49. The van der Waals surface area contributed by atoms with Crippen LogP contribution in [-0.4, -0.2) is 42.8 Å². The highest BCUT2D eigenvalue weighted by atomic mass is 79.9. The quantitative estimate of drug-likeness (QED) is 0.682. The Morgan fingerprint density at radius 2 is 2.03 bits per heavy atom. The number of amides is 1. The SMILES string of the molecule is COc1cccc2c1O[C@@]1(C)[C@H](C(=O)N(C)C)[C@H]2NC(=S)N1c1cccc(Br)c1. The maximum atomic E-state index is 13.3. The molecule has 0 aliphatic carbocycles. The lowest BCUT2D eigenvalue weighted by molar-refractivity contribution is -0.144. The Hall–Kier alpha value is -2.32. The molecule has 2 aromatic rings. The number of hydrogen-bond acceptors (Lipinski definition) is 4. The number of rotatable bonds is 3. The minimum Gasteiger partial charge on any atom is -0.493 e. The Labute approximate surface area is 183 Å². The van der Waals surface area contributed by atoms with Crippen molar-refractivity contribution in [1.29, 1.82) is 0 Å². The number of carbonyl (C=O) groups is 1. The van der Waals surface area contributed by atoms with Gasteiger partial charge in [0.2, 0.25) is 5.91 Å². The number of ether oxygens (including phenoxy) is 2. The fourth-order valence-electron chi connectivity index (χ4n) is 4.19. The van der Waals surface area contributed by atoms with Crippen LogP contribution in [0.1, 0.15) is 18.5 Å². The third-order valence-electron chi connectivity index (χ3n) is 5.48. The Morgan fingerprint density at radius 1 is 1.31 bits per heavy atom. The summed E-state index contributed by atoms with van der Waals surface area (Å²) in [6.07, 6.45) is 0. The molecule has 8 heteroatoms. The zero-order chi connectivity index (χ0) is 20.9. The van der Waals surface area contributed by atoms with Crippen LogP contribution in [0.5, 0.6) is 11.5 Å². The van der Waals surface area contributed by atoms with E-state index in [2.05, 4.69) is 21.2 Å². The smallest absolute Gasteiger partial charge is 0.233 e. The van der Waals surface area contributed by atoms with Crippen LogP contribution in [0.3, 0.4) is 0 Å². The molecule has 2 aliphatic rings. The number of thiocarbonyl (C=S) groups is 1. The minimum atomic E-state index is -1.04. The van der Waals surface area contributed by atoms with Gasteiger partial charge in [-0.2, -0.15) is 0 Å². The van der Waals surface area contributed by atoms with Crippen LogP contribution >= 0.6 is 28.1 Å². The fraction of sp³-hybridized carbons (Fsp3) is 0.333. The zero-order valence-electron chi connectivity index (χ0n) is 16.6. The van der Waals surface area contributed by atoms with Gasteiger partial charge < -0.3 is 19.7 Å². The number of carbonyl (C=O) groups excluding carboxylic acids is 1. The summed E-state index contributed by atoms with van der Waals surface area (Å²) in [4.78, 5) is 16.8. The highest BCUT2D eigenvalue weighted by Crippen LogP contribution is 2.52. The van der Waals surface area contributed by atoms with Crippen molar-refractivity contribution in [3.63, 3.8) is 0 Å². The molecular weight excluding hydrogens is 454 g/mol. The van der Waals surface area contributed by atoms with E-state index < -0.39 is 11.6 Å². The van der Waals surface area contributed by atoms with Crippen LogP contribution in [0.15, 0.2) is 46.9 Å². The first kappa shape index (κ1) is 20.0. The lowest BCUT2D eigenvalue weighted by Crippen LogP contribution is -2.72. The predicted molar refractivity (Wildman–Crippen MR) is 119 cm³/mol. The van der Waals surface area contributed by atoms with Gasteiger partial charge in [0.05, 0.1) is 13.2 Å². The molecule has 1 fully saturated rings. The van der Waals surface area contributed by atoms with Crippen LogP contribution in [0.4, 0.5) is 5.69 Å². The fourth-order valence-corrected chi connectivity index (χ4v) is 4.99. The summed E-state index contributed by atoms with van der Waals surface area (Å²) in [5.41, 5.74) is 0.641. The second kappa shape index (κ2) is 7.18. The predicted octanol–water partition coefficient (Wildman–Crippen LogP) is 3.71. The maximum absolute atomic E-state index is 13.3. The normalized spacial score (nSPS) is 24.9. The van der Waals surface area contributed by atoms with E-state index in [1.165, 1.54) is 0 Å². The van der Waals surface area contributed by atoms with Crippen LogP contribution < -0.4 is 19.7 Å². The van der Waals surface area contributed by atoms with Crippen molar-refractivity contribution in [2.24, 2.45) is 5.92 Å². The molecule has 1 amide bonds. The number of anilines is 1. The van der Waals surface area contributed by atoms with E-state index >= 15 is 0 Å². The van der Waals surface area contributed by atoms with Crippen LogP contribution in [0.25, 0.3) is 0 Å². The van der Waals surface area contributed by atoms with Gasteiger partial charge in [0.25, 0.3) is 0 Å². The number of halogens is 1. The molecule has 0 radical (unpaired) electrons. The van der Waals surface area contributed by atoms with Gasteiger partial charge in [-0.15, -0.1) is 0 Å². The standard InChI is InChI=1S/C21H22BrN3O3S/c1-21-16(19(26)24(2)3)17(14-9-6-10-15(27-4)18(14)28-21)23-20(29)25(21)13-8-5-7-12(22)11-13/h5-11,16-17H,1-4H3,(H,23,29)/t16-,17-,21-/m0/s1. The molecule has 0 aromatic heterocycles. The van der Waals surface area contributed by atoms with E-state index in [0.29, 0.717) is 16.6 Å². The number of nitrogens with zero attached hydrogens (tertiary/aromatic N) is 2. The van der Waals surface area contributed by atoms with Crippen molar-refractivity contribution in [3.05, 3.63) is 52.5 Å². The summed E-state index contributed by atoms with van der Waals surface area (Å²) < 4.78 is 13.0. The molecule has 2 heterocycles. The average molecular weight is 476 g/mol. The van der Waals surface area contributed by atoms with Crippen LogP contribution in [0.2, 0.25) is 0 Å². The third kappa shape index (κ3) is 3.05. The van der Waals surface area contributed by atoms with Gasteiger partial charge in [-0.25, -0.2) is 0 Å². The van der Waals surface area contributed by atoms with E-state index in [1.807, 2.05) is 54.3 Å². The molecule has 2 aliphatic heterocycles. The van der Waals surface area contributed by atoms with E-state index in [-0.39, 0.29) is 11.9 Å². The lowest BCUT2D eigenvalue weighted by atomic mass is 9.78. The zero-order valence-corrected chi connectivity index (χ0v) is 19.0. The highest BCUT2D eigenvalue weighted by molar-refractivity contribution is 9.10. The molecule has 152 valence electrons. The molecule has 0 unspecified atom stereocenters. The number of methoxy groups -OCH3 is 1. The molecule has 3 atom stereocenters. The van der Waals surface area contributed by atoms with Crippen molar-refractivity contribution in [3.8, 4) is 11.5 Å². The first-order valence-electron chi connectivity index (χ1n) is 9.21. The number of hydrogen-bond donors (Lipinski definition) is 1. The molecular formula is C21H22BrN3O3S. The van der Waals surface area contributed by atoms with E-state index in [9.17, 15) is 4.79 Å². The Kier molecular flexibility index (Phi) is 4.94. The average Bonchev–Trinajstić information content (AvgIpc) is 2.66. The Balaban J connectivity index is 1.95. The minimum absolute atomic E-state index is 0.0408. The summed E-state index contributed by atoms with van der Waals surface area (Å²) in [5.74, 6) is 0.683. The lowest BCUT2D eigenvalue weighted by Gasteiger charge is -2.56. The molecule has 0 spiro atoms. The van der Waals surface area contributed by atoms with Crippen LogP contribution in [0, 0.1) is 5.92 Å². The molecule has 29 heavy (non-hydrogen) atoms. The van der Waals surface area contributed by atoms with Crippen LogP contribution in [-0.2, 0) is 4.79 Å². The summed E-state index contributed by atoms with van der Waals surface area (Å²) in [6, 6.07) is 13.1. The molecule has 1 saturated heterocycles. The second-order valence-corrected chi connectivity index (χ2v) is 8.79. The third-order valence-corrected chi connectivity index (χ3v) is 6.28. The molecule has 2 bridgehead atoms. The van der Waals surface area contributed by atoms with Crippen molar-refractivity contribution < 1.29 is 14.3 Å². The molecule has 4 rings (SSSR count). The van der Waals surface area contributed by atoms with Gasteiger partial charge in [0.1, 0.15) is 5.92 Å². The van der Waals surface area contributed by atoms with Gasteiger partial charge >= 0.3 is 0 Å². The molecule has 1 N–H and O–H groups in total. The number of nitrogens with one attached hydrogen (secondary N) is 1. The van der Waals surface area contributed by atoms with Gasteiger partial charge in [-0.3, -0.25) is 9.69 Å². The first-order valence-corrected chi connectivity index (χ1v) is 10.4. The van der Waals surface area contributed by atoms with E-state index in [4.69, 9.17) is 21.7 Å². The summed E-state index contributed by atoms with van der Waals surface area (Å²) in [5, 5.41) is 3.90. The first-order chi connectivity index (χ1) is 13.8. The Bertz CT molecular complexity index is 999. The number of para-hydroxylation sites is 1. The number of benzene rings is 2. The summed E-state index contributed by atoms with van der Waals surface area (Å²) >= 11 is 9.26.